The largest absolute Gasteiger partial charge is 0.508 e. The zero-order valence-corrected chi connectivity index (χ0v) is 12.6. The zero-order valence-electron chi connectivity index (χ0n) is 12.6. The fraction of sp³-hybridized carbons (Fsp3) is 0.111. The lowest BCUT2D eigenvalue weighted by molar-refractivity contribution is 0.475. The normalized spacial score (nSPS) is 11.2. The molecule has 2 aromatic heterocycles. The number of hydrogen-bond donors (Lipinski definition) is 2. The maximum absolute atomic E-state index is 9.40. The van der Waals surface area contributed by atoms with Crippen LogP contribution in [-0.2, 0) is 6.42 Å². The van der Waals surface area contributed by atoms with Gasteiger partial charge in [0.05, 0.1) is 0 Å². The van der Waals surface area contributed by atoms with Crippen LogP contribution >= 0.6 is 0 Å². The standard InChI is InChI=1S/C18H15N3O2/c1-2-15-20-16-13-5-3-4-6-14(13)23-17(16)18(21-15)19-11-7-9-12(22)10-8-11/h3-10,22H,2H2,1H3,(H,19,20,21). The zero-order chi connectivity index (χ0) is 15.8. The number of rotatable bonds is 3. The van der Waals surface area contributed by atoms with E-state index in [-0.39, 0.29) is 5.75 Å². The molecule has 4 rings (SSSR count). The molecule has 2 N–H and O–H groups in total. The highest BCUT2D eigenvalue weighted by atomic mass is 16.3. The molecule has 4 aromatic rings. The first-order valence-electron chi connectivity index (χ1n) is 7.49. The fourth-order valence-corrected chi connectivity index (χ4v) is 2.56. The van der Waals surface area contributed by atoms with Crippen molar-refractivity contribution < 1.29 is 9.52 Å². The summed E-state index contributed by atoms with van der Waals surface area (Å²) >= 11 is 0. The van der Waals surface area contributed by atoms with Crippen LogP contribution in [0.25, 0.3) is 22.1 Å². The Kier molecular flexibility index (Phi) is 3.12. The van der Waals surface area contributed by atoms with Crippen LogP contribution in [0.1, 0.15) is 12.7 Å². The number of benzene rings is 2. The van der Waals surface area contributed by atoms with Crippen molar-refractivity contribution in [3.8, 4) is 5.75 Å². The van der Waals surface area contributed by atoms with Gasteiger partial charge in [0.1, 0.15) is 22.7 Å². The van der Waals surface area contributed by atoms with Crippen molar-refractivity contribution in [1.29, 1.82) is 0 Å². The van der Waals surface area contributed by atoms with Gasteiger partial charge in [0.15, 0.2) is 11.4 Å². The first kappa shape index (κ1) is 13.6. The summed E-state index contributed by atoms with van der Waals surface area (Å²) in [6.07, 6.45) is 0.736. The Balaban J connectivity index is 1.91. The number of aromatic nitrogens is 2. The third-order valence-electron chi connectivity index (χ3n) is 3.71. The molecule has 5 heteroatoms. The predicted molar refractivity (Wildman–Crippen MR) is 90.1 cm³/mol. The van der Waals surface area contributed by atoms with E-state index >= 15 is 0 Å². The van der Waals surface area contributed by atoms with Crippen molar-refractivity contribution in [2.45, 2.75) is 13.3 Å². The van der Waals surface area contributed by atoms with Crippen molar-refractivity contribution in [2.24, 2.45) is 0 Å². The number of nitrogens with one attached hydrogen (secondary N) is 1. The Morgan fingerprint density at radius 1 is 1.04 bits per heavy atom. The molecule has 0 saturated carbocycles. The Morgan fingerprint density at radius 3 is 2.61 bits per heavy atom. The first-order valence-corrected chi connectivity index (χ1v) is 7.49. The van der Waals surface area contributed by atoms with Gasteiger partial charge in [0.2, 0.25) is 0 Å². The molecule has 0 amide bonds. The molecule has 23 heavy (non-hydrogen) atoms. The summed E-state index contributed by atoms with van der Waals surface area (Å²) in [5, 5.41) is 13.6. The number of aromatic hydroxyl groups is 1. The van der Waals surface area contributed by atoms with E-state index in [1.807, 2.05) is 31.2 Å². The number of para-hydroxylation sites is 1. The highest BCUT2D eigenvalue weighted by Gasteiger charge is 2.15. The van der Waals surface area contributed by atoms with Gasteiger partial charge in [-0.05, 0) is 36.4 Å². The van der Waals surface area contributed by atoms with Gasteiger partial charge in [-0.25, -0.2) is 9.97 Å². The lowest BCUT2D eigenvalue weighted by atomic mass is 10.2. The molecular formula is C18H15N3O2. The molecule has 0 unspecified atom stereocenters. The van der Waals surface area contributed by atoms with E-state index in [1.54, 1.807) is 24.3 Å². The van der Waals surface area contributed by atoms with Crippen LogP contribution in [0.2, 0.25) is 0 Å². The van der Waals surface area contributed by atoms with Gasteiger partial charge in [-0.15, -0.1) is 0 Å². The van der Waals surface area contributed by atoms with Gasteiger partial charge >= 0.3 is 0 Å². The van der Waals surface area contributed by atoms with E-state index in [0.717, 1.165) is 34.4 Å². The van der Waals surface area contributed by atoms with E-state index in [1.165, 1.54) is 0 Å². The van der Waals surface area contributed by atoms with Crippen molar-refractivity contribution in [3.63, 3.8) is 0 Å². The summed E-state index contributed by atoms with van der Waals surface area (Å²) in [6, 6.07) is 14.7. The quantitative estimate of drug-likeness (QED) is 0.549. The molecular weight excluding hydrogens is 290 g/mol. The van der Waals surface area contributed by atoms with E-state index in [4.69, 9.17) is 4.42 Å². The molecule has 0 saturated heterocycles. The smallest absolute Gasteiger partial charge is 0.196 e. The number of phenolic OH excluding ortho intramolecular Hbond substituents is 1. The number of fused-ring (bicyclic) bond motifs is 3. The molecule has 2 aromatic carbocycles. The van der Waals surface area contributed by atoms with Crippen LogP contribution in [0.5, 0.6) is 5.75 Å². The van der Waals surface area contributed by atoms with E-state index in [0.29, 0.717) is 11.4 Å². The number of phenols is 1. The molecule has 2 heterocycles. The molecule has 0 aliphatic carbocycles. The number of hydrogen-bond acceptors (Lipinski definition) is 5. The monoisotopic (exact) mass is 305 g/mol. The summed E-state index contributed by atoms with van der Waals surface area (Å²) in [7, 11) is 0. The Bertz CT molecular complexity index is 990. The van der Waals surface area contributed by atoms with E-state index in [2.05, 4.69) is 15.3 Å². The van der Waals surface area contributed by atoms with Gasteiger partial charge in [-0.1, -0.05) is 19.1 Å². The minimum Gasteiger partial charge on any atom is -0.508 e. The highest BCUT2D eigenvalue weighted by molar-refractivity contribution is 6.06. The van der Waals surface area contributed by atoms with E-state index in [9.17, 15) is 5.11 Å². The summed E-state index contributed by atoms with van der Waals surface area (Å²) in [5.74, 6) is 1.61. The van der Waals surface area contributed by atoms with Gasteiger partial charge in [0.25, 0.3) is 0 Å². The van der Waals surface area contributed by atoms with Crippen molar-refractivity contribution in [2.75, 3.05) is 5.32 Å². The maximum atomic E-state index is 9.40. The molecule has 114 valence electrons. The van der Waals surface area contributed by atoms with Crippen molar-refractivity contribution >= 4 is 33.6 Å². The van der Waals surface area contributed by atoms with Gasteiger partial charge in [-0.2, -0.15) is 0 Å². The molecule has 0 aliphatic rings. The predicted octanol–water partition coefficient (Wildman–Crippen LogP) is 4.39. The van der Waals surface area contributed by atoms with Gasteiger partial charge in [-0.3, -0.25) is 0 Å². The Labute approximate surface area is 132 Å². The number of aryl methyl sites for hydroxylation is 1. The summed E-state index contributed by atoms with van der Waals surface area (Å²) in [6.45, 7) is 2.02. The van der Waals surface area contributed by atoms with Crippen LogP contribution < -0.4 is 5.32 Å². The summed E-state index contributed by atoms with van der Waals surface area (Å²) in [4.78, 5) is 9.17. The SMILES string of the molecule is CCc1nc(Nc2ccc(O)cc2)c2oc3ccccc3c2n1. The maximum Gasteiger partial charge on any atom is 0.196 e. The molecule has 5 nitrogen and oxygen atoms in total. The number of anilines is 2. The molecule has 0 bridgehead atoms. The summed E-state index contributed by atoms with van der Waals surface area (Å²) in [5.41, 5.74) is 3.06. The third kappa shape index (κ3) is 2.36. The number of nitrogens with zero attached hydrogens (tertiary/aromatic N) is 2. The molecule has 0 radical (unpaired) electrons. The van der Waals surface area contributed by atoms with Crippen LogP contribution in [0.4, 0.5) is 11.5 Å². The van der Waals surface area contributed by atoms with Crippen LogP contribution in [0, 0.1) is 0 Å². The highest BCUT2D eigenvalue weighted by Crippen LogP contribution is 2.32. The second-order valence-corrected chi connectivity index (χ2v) is 5.29. The molecule has 0 atom stereocenters. The Morgan fingerprint density at radius 2 is 1.83 bits per heavy atom. The minimum atomic E-state index is 0.223. The summed E-state index contributed by atoms with van der Waals surface area (Å²) < 4.78 is 5.94. The fourth-order valence-electron chi connectivity index (χ4n) is 2.56. The van der Waals surface area contributed by atoms with Crippen molar-refractivity contribution in [3.05, 3.63) is 54.4 Å². The molecule has 0 fully saturated rings. The first-order chi connectivity index (χ1) is 11.2. The minimum absolute atomic E-state index is 0.223. The Hall–Kier alpha value is -3.08. The average Bonchev–Trinajstić information content (AvgIpc) is 2.96. The third-order valence-corrected chi connectivity index (χ3v) is 3.71. The lowest BCUT2D eigenvalue weighted by Crippen LogP contribution is -1.99. The molecule has 0 aliphatic heterocycles. The average molecular weight is 305 g/mol. The topological polar surface area (TPSA) is 71.2 Å². The molecule has 0 spiro atoms. The second-order valence-electron chi connectivity index (χ2n) is 5.29. The lowest BCUT2D eigenvalue weighted by Gasteiger charge is -2.07. The van der Waals surface area contributed by atoms with Crippen LogP contribution in [0.3, 0.4) is 0 Å². The van der Waals surface area contributed by atoms with Gasteiger partial charge in [0, 0.05) is 17.5 Å². The number of furan rings is 1. The second kappa shape index (κ2) is 5.28. The van der Waals surface area contributed by atoms with E-state index < -0.39 is 0 Å². The van der Waals surface area contributed by atoms with Gasteiger partial charge < -0.3 is 14.8 Å². The van der Waals surface area contributed by atoms with Crippen LogP contribution in [-0.4, -0.2) is 15.1 Å². The van der Waals surface area contributed by atoms with Crippen LogP contribution in [0.15, 0.2) is 52.9 Å². The van der Waals surface area contributed by atoms with Crippen molar-refractivity contribution in [1.82, 2.24) is 9.97 Å².